The highest BCUT2D eigenvalue weighted by atomic mass is 127. The number of pyridine rings is 1. The van der Waals surface area contributed by atoms with Crippen LogP contribution in [0.5, 0.6) is 5.88 Å². The summed E-state index contributed by atoms with van der Waals surface area (Å²) < 4.78 is 43.2. The SMILES string of the molecule is CCCNC(=NC)NCCOc1ncccc1C(F)(F)F.I. The van der Waals surface area contributed by atoms with Gasteiger partial charge in [0.2, 0.25) is 5.88 Å². The van der Waals surface area contributed by atoms with Gasteiger partial charge in [0.05, 0.1) is 6.54 Å². The van der Waals surface area contributed by atoms with Crippen molar-refractivity contribution in [3.8, 4) is 5.88 Å². The molecule has 2 N–H and O–H groups in total. The molecule has 1 aromatic rings. The van der Waals surface area contributed by atoms with Crippen molar-refractivity contribution in [3.63, 3.8) is 0 Å². The molecule has 0 unspecified atom stereocenters. The smallest absolute Gasteiger partial charge is 0.421 e. The van der Waals surface area contributed by atoms with E-state index in [1.54, 1.807) is 7.05 Å². The minimum Gasteiger partial charge on any atom is -0.475 e. The number of aromatic nitrogens is 1. The topological polar surface area (TPSA) is 58.5 Å². The van der Waals surface area contributed by atoms with Crippen LogP contribution in [0.1, 0.15) is 18.9 Å². The van der Waals surface area contributed by atoms with E-state index < -0.39 is 17.6 Å². The van der Waals surface area contributed by atoms with E-state index in [4.69, 9.17) is 4.74 Å². The van der Waals surface area contributed by atoms with Crippen LogP contribution in [0.2, 0.25) is 0 Å². The van der Waals surface area contributed by atoms with Crippen molar-refractivity contribution in [2.45, 2.75) is 19.5 Å². The van der Waals surface area contributed by atoms with E-state index >= 15 is 0 Å². The second-order valence-corrected chi connectivity index (χ2v) is 4.13. The molecule has 0 amide bonds. The third-order valence-corrected chi connectivity index (χ3v) is 2.48. The minimum atomic E-state index is -4.48. The Morgan fingerprint density at radius 3 is 2.59 bits per heavy atom. The summed E-state index contributed by atoms with van der Waals surface area (Å²) in [6, 6.07) is 2.17. The zero-order valence-electron chi connectivity index (χ0n) is 12.4. The van der Waals surface area contributed by atoms with Crippen LogP contribution in [-0.2, 0) is 6.18 Å². The number of alkyl halides is 3. The Morgan fingerprint density at radius 2 is 2.00 bits per heavy atom. The number of nitrogens with one attached hydrogen (secondary N) is 2. The lowest BCUT2D eigenvalue weighted by molar-refractivity contribution is -0.139. The normalized spacial score (nSPS) is 11.6. The fraction of sp³-hybridized carbons (Fsp3) is 0.538. The largest absolute Gasteiger partial charge is 0.475 e. The molecule has 1 rings (SSSR count). The van der Waals surface area contributed by atoms with Crippen LogP contribution < -0.4 is 15.4 Å². The van der Waals surface area contributed by atoms with Crippen molar-refractivity contribution in [1.82, 2.24) is 15.6 Å². The molecule has 0 saturated heterocycles. The summed E-state index contributed by atoms with van der Waals surface area (Å²) in [6.45, 7) is 3.15. The van der Waals surface area contributed by atoms with Gasteiger partial charge in [-0.25, -0.2) is 4.98 Å². The monoisotopic (exact) mass is 432 g/mol. The van der Waals surface area contributed by atoms with E-state index in [0.717, 1.165) is 19.0 Å². The lowest BCUT2D eigenvalue weighted by atomic mass is 10.2. The number of ether oxygens (including phenoxy) is 1. The van der Waals surface area contributed by atoms with Crippen molar-refractivity contribution in [1.29, 1.82) is 0 Å². The van der Waals surface area contributed by atoms with Gasteiger partial charge >= 0.3 is 6.18 Å². The van der Waals surface area contributed by atoms with Crippen LogP contribution in [0.25, 0.3) is 0 Å². The van der Waals surface area contributed by atoms with E-state index in [1.165, 1.54) is 12.3 Å². The lowest BCUT2D eigenvalue weighted by Gasteiger charge is -2.14. The van der Waals surface area contributed by atoms with Gasteiger partial charge in [-0.2, -0.15) is 13.2 Å². The first kappa shape index (κ1) is 20.7. The maximum atomic E-state index is 12.7. The van der Waals surface area contributed by atoms with Crippen molar-refractivity contribution in [2.24, 2.45) is 4.99 Å². The third-order valence-electron chi connectivity index (χ3n) is 2.48. The summed E-state index contributed by atoms with van der Waals surface area (Å²) in [5.74, 6) is 0.167. The predicted molar refractivity (Wildman–Crippen MR) is 89.8 cm³/mol. The number of hydrogen-bond donors (Lipinski definition) is 2. The zero-order chi connectivity index (χ0) is 15.7. The lowest BCUT2D eigenvalue weighted by Crippen LogP contribution is -2.39. The van der Waals surface area contributed by atoms with Crippen LogP contribution >= 0.6 is 24.0 Å². The van der Waals surface area contributed by atoms with E-state index in [9.17, 15) is 13.2 Å². The summed E-state index contributed by atoms with van der Waals surface area (Å²) >= 11 is 0. The molecule has 0 saturated carbocycles. The Morgan fingerprint density at radius 1 is 1.32 bits per heavy atom. The molecule has 0 radical (unpaired) electrons. The second-order valence-electron chi connectivity index (χ2n) is 4.13. The Balaban J connectivity index is 0.00000441. The van der Waals surface area contributed by atoms with Crippen molar-refractivity contribution in [2.75, 3.05) is 26.7 Å². The van der Waals surface area contributed by atoms with Crippen LogP contribution in [-0.4, -0.2) is 37.7 Å². The van der Waals surface area contributed by atoms with Gasteiger partial charge in [0.25, 0.3) is 0 Å². The van der Waals surface area contributed by atoms with Gasteiger partial charge in [-0.1, -0.05) is 6.92 Å². The number of aliphatic imine (C=N–C) groups is 1. The molecule has 1 heterocycles. The molecule has 0 fully saturated rings. The molecule has 0 bridgehead atoms. The molecule has 1 aromatic heterocycles. The number of nitrogens with zero attached hydrogens (tertiary/aromatic N) is 2. The number of guanidine groups is 1. The van der Waals surface area contributed by atoms with Crippen LogP contribution in [0.4, 0.5) is 13.2 Å². The molecule has 0 spiro atoms. The summed E-state index contributed by atoms with van der Waals surface area (Å²) in [6.07, 6.45) is -2.27. The summed E-state index contributed by atoms with van der Waals surface area (Å²) in [5, 5.41) is 5.98. The Hall–Kier alpha value is -1.26. The average Bonchev–Trinajstić information content (AvgIpc) is 2.46. The Labute approximate surface area is 144 Å². The van der Waals surface area contributed by atoms with Crippen molar-refractivity contribution < 1.29 is 17.9 Å². The zero-order valence-corrected chi connectivity index (χ0v) is 14.7. The maximum absolute atomic E-state index is 12.7. The number of halogens is 4. The molecule has 0 aromatic carbocycles. The molecule has 9 heteroatoms. The van der Waals surface area contributed by atoms with E-state index in [0.29, 0.717) is 12.5 Å². The second kappa shape index (κ2) is 10.5. The highest BCUT2D eigenvalue weighted by Crippen LogP contribution is 2.34. The fourth-order valence-corrected chi connectivity index (χ4v) is 1.50. The predicted octanol–water partition coefficient (Wildman–Crippen LogP) is 2.67. The standard InChI is InChI=1S/C13H19F3N4O.HI/c1-3-6-19-12(17-2)20-8-9-21-11-10(13(14,15)16)5-4-7-18-11;/h4-5,7H,3,6,8-9H2,1-2H3,(H2,17,19,20);1H. The van der Waals surface area contributed by atoms with Crippen LogP contribution in [0, 0.1) is 0 Å². The van der Waals surface area contributed by atoms with Gasteiger partial charge in [-0.3, -0.25) is 4.99 Å². The Bertz CT molecular complexity index is 469. The van der Waals surface area contributed by atoms with Crippen molar-refractivity contribution in [3.05, 3.63) is 23.9 Å². The highest BCUT2D eigenvalue weighted by molar-refractivity contribution is 14.0. The molecule has 22 heavy (non-hydrogen) atoms. The molecule has 5 nitrogen and oxygen atoms in total. The quantitative estimate of drug-likeness (QED) is 0.314. The van der Waals surface area contributed by atoms with Crippen molar-refractivity contribution >= 4 is 29.9 Å². The van der Waals surface area contributed by atoms with Crippen LogP contribution in [0.3, 0.4) is 0 Å². The molecular weight excluding hydrogens is 412 g/mol. The number of hydrogen-bond acceptors (Lipinski definition) is 3. The third kappa shape index (κ3) is 7.14. The van der Waals surface area contributed by atoms with Gasteiger partial charge in [0, 0.05) is 19.8 Å². The molecule has 0 aliphatic carbocycles. The summed E-state index contributed by atoms with van der Waals surface area (Å²) in [5.41, 5.74) is -0.876. The first-order valence-electron chi connectivity index (χ1n) is 6.58. The van der Waals surface area contributed by atoms with Gasteiger partial charge in [-0.05, 0) is 18.6 Å². The molecule has 0 aliphatic heterocycles. The van der Waals surface area contributed by atoms with Gasteiger partial charge in [-0.15, -0.1) is 24.0 Å². The first-order chi connectivity index (χ1) is 9.99. The van der Waals surface area contributed by atoms with Crippen LogP contribution in [0.15, 0.2) is 23.3 Å². The fourth-order valence-electron chi connectivity index (χ4n) is 1.50. The van der Waals surface area contributed by atoms with Gasteiger partial charge in [0.1, 0.15) is 12.2 Å². The number of rotatable bonds is 6. The Kier molecular flexibility index (Phi) is 9.86. The molecule has 0 atom stereocenters. The molecule has 0 aliphatic rings. The average molecular weight is 432 g/mol. The first-order valence-corrected chi connectivity index (χ1v) is 6.58. The van der Waals surface area contributed by atoms with E-state index in [1.807, 2.05) is 6.92 Å². The molecule has 126 valence electrons. The van der Waals surface area contributed by atoms with E-state index in [2.05, 4.69) is 20.6 Å². The maximum Gasteiger partial charge on any atom is 0.421 e. The molecular formula is C13H20F3IN4O. The van der Waals surface area contributed by atoms with Gasteiger partial charge in [0.15, 0.2) is 5.96 Å². The summed E-state index contributed by atoms with van der Waals surface area (Å²) in [7, 11) is 1.62. The minimum absolute atomic E-state index is 0. The van der Waals surface area contributed by atoms with E-state index in [-0.39, 0.29) is 30.6 Å². The summed E-state index contributed by atoms with van der Waals surface area (Å²) in [4.78, 5) is 7.59. The highest BCUT2D eigenvalue weighted by Gasteiger charge is 2.34. The van der Waals surface area contributed by atoms with Gasteiger partial charge < -0.3 is 15.4 Å².